The van der Waals surface area contributed by atoms with Crippen molar-refractivity contribution in [3.05, 3.63) is 28.2 Å². The highest BCUT2D eigenvalue weighted by atomic mass is 79.9. The number of aliphatic hydroxyl groups excluding tert-OH is 1. The number of nitrogens with one attached hydrogen (secondary N) is 1. The smallest absolute Gasteiger partial charge is 0.133 e. The minimum atomic E-state index is -0.408. The van der Waals surface area contributed by atoms with E-state index in [-0.39, 0.29) is 5.54 Å². The Morgan fingerprint density at radius 2 is 2.05 bits per heavy atom. The predicted octanol–water partition coefficient (Wildman–Crippen LogP) is 3.49. The van der Waals surface area contributed by atoms with E-state index < -0.39 is 6.10 Å². The van der Waals surface area contributed by atoms with E-state index in [1.165, 1.54) is 5.56 Å². The highest BCUT2D eigenvalue weighted by Crippen LogP contribution is 2.26. The van der Waals surface area contributed by atoms with Crippen LogP contribution in [0.4, 0.5) is 0 Å². The maximum Gasteiger partial charge on any atom is 0.133 e. The van der Waals surface area contributed by atoms with E-state index in [4.69, 9.17) is 4.74 Å². The van der Waals surface area contributed by atoms with Crippen LogP contribution < -0.4 is 10.1 Å². The topological polar surface area (TPSA) is 41.5 Å². The number of halogens is 1. The number of benzene rings is 1. The van der Waals surface area contributed by atoms with Crippen LogP contribution in [0.15, 0.2) is 22.7 Å². The fourth-order valence-corrected chi connectivity index (χ4v) is 1.98. The summed E-state index contributed by atoms with van der Waals surface area (Å²) in [5.74, 6) is 0.770. The molecule has 0 spiro atoms. The molecule has 2 N–H and O–H groups in total. The lowest BCUT2D eigenvalue weighted by Gasteiger charge is -2.21. The zero-order valence-corrected chi connectivity index (χ0v) is 13.8. The summed E-state index contributed by atoms with van der Waals surface area (Å²) in [6, 6.07) is 6.02. The first-order valence-electron chi connectivity index (χ1n) is 6.66. The van der Waals surface area contributed by atoms with Crippen molar-refractivity contribution >= 4 is 15.9 Å². The largest absolute Gasteiger partial charge is 0.490 e. The Morgan fingerprint density at radius 1 is 1.37 bits per heavy atom. The van der Waals surface area contributed by atoms with Crippen molar-refractivity contribution in [1.29, 1.82) is 0 Å². The Morgan fingerprint density at radius 3 is 2.58 bits per heavy atom. The molecule has 3 nitrogen and oxygen atoms in total. The molecule has 0 saturated heterocycles. The normalized spacial score (nSPS) is 13.4. The van der Waals surface area contributed by atoms with Crippen molar-refractivity contribution in [3.63, 3.8) is 0 Å². The van der Waals surface area contributed by atoms with Crippen LogP contribution in [-0.4, -0.2) is 23.4 Å². The lowest BCUT2D eigenvalue weighted by molar-refractivity contribution is 0.104. The first-order chi connectivity index (χ1) is 8.81. The van der Waals surface area contributed by atoms with Gasteiger partial charge in [0.1, 0.15) is 12.4 Å². The summed E-state index contributed by atoms with van der Waals surface area (Å²) in [6.45, 7) is 9.52. The molecule has 0 amide bonds. The third kappa shape index (κ3) is 6.41. The summed E-state index contributed by atoms with van der Waals surface area (Å²) in [6.07, 6.45) is 0.291. The van der Waals surface area contributed by atoms with Crippen molar-refractivity contribution in [2.24, 2.45) is 0 Å². The van der Waals surface area contributed by atoms with Gasteiger partial charge in [-0.05, 0) is 60.8 Å². The van der Waals surface area contributed by atoms with Crippen LogP contribution in [-0.2, 0) is 6.54 Å². The van der Waals surface area contributed by atoms with E-state index in [0.29, 0.717) is 13.0 Å². The molecule has 0 radical (unpaired) electrons. The van der Waals surface area contributed by atoms with Crippen LogP contribution in [0.25, 0.3) is 0 Å². The minimum Gasteiger partial charge on any atom is -0.490 e. The number of hydrogen-bond donors (Lipinski definition) is 2. The molecule has 0 bridgehead atoms. The summed E-state index contributed by atoms with van der Waals surface area (Å²) >= 11 is 3.51. The molecule has 0 saturated carbocycles. The summed E-state index contributed by atoms with van der Waals surface area (Å²) in [4.78, 5) is 0. The van der Waals surface area contributed by atoms with Crippen LogP contribution >= 0.6 is 15.9 Å². The Kier molecular flexibility index (Phi) is 6.30. The highest BCUT2D eigenvalue weighted by Gasteiger charge is 2.10. The van der Waals surface area contributed by atoms with Gasteiger partial charge in [0.15, 0.2) is 0 Å². The molecule has 0 fully saturated rings. The number of aliphatic hydroxyl groups is 1. The molecule has 0 aliphatic heterocycles. The van der Waals surface area contributed by atoms with Crippen LogP contribution in [0.3, 0.4) is 0 Å². The lowest BCUT2D eigenvalue weighted by atomic mass is 10.1. The third-order valence-electron chi connectivity index (χ3n) is 2.72. The standard InChI is InChI=1S/C15H24BrNO2/c1-5-12(18)10-19-14-7-6-11(8-13(14)16)9-17-15(2,3)4/h6-8,12,17-18H,5,9-10H2,1-4H3. The first-order valence-corrected chi connectivity index (χ1v) is 7.45. The summed E-state index contributed by atoms with van der Waals surface area (Å²) in [7, 11) is 0. The molecule has 4 heteroatoms. The molecule has 1 aromatic carbocycles. The highest BCUT2D eigenvalue weighted by molar-refractivity contribution is 9.10. The summed E-state index contributed by atoms with van der Waals surface area (Å²) in [5, 5.41) is 12.9. The van der Waals surface area contributed by atoms with Crippen molar-refractivity contribution in [2.75, 3.05) is 6.61 Å². The van der Waals surface area contributed by atoms with Gasteiger partial charge in [0.05, 0.1) is 10.6 Å². The molecule has 0 heterocycles. The number of hydrogen-bond acceptors (Lipinski definition) is 3. The molecule has 1 unspecified atom stereocenters. The quantitative estimate of drug-likeness (QED) is 0.839. The van der Waals surface area contributed by atoms with E-state index in [9.17, 15) is 5.11 Å². The van der Waals surface area contributed by atoms with Crippen molar-refractivity contribution in [2.45, 2.75) is 52.3 Å². The van der Waals surface area contributed by atoms with Gasteiger partial charge >= 0.3 is 0 Å². The lowest BCUT2D eigenvalue weighted by Crippen LogP contribution is -2.35. The molecule has 108 valence electrons. The first kappa shape index (κ1) is 16.5. The Bertz CT molecular complexity index is 402. The van der Waals surface area contributed by atoms with Crippen LogP contribution in [0.5, 0.6) is 5.75 Å². The second kappa shape index (κ2) is 7.27. The van der Waals surface area contributed by atoms with E-state index in [2.05, 4.69) is 42.0 Å². The average Bonchev–Trinajstić information content (AvgIpc) is 2.34. The summed E-state index contributed by atoms with van der Waals surface area (Å²) < 4.78 is 6.49. The molecule has 0 aromatic heterocycles. The van der Waals surface area contributed by atoms with E-state index in [0.717, 1.165) is 16.8 Å². The molecule has 19 heavy (non-hydrogen) atoms. The van der Waals surface area contributed by atoms with Gasteiger partial charge in [-0.15, -0.1) is 0 Å². The molecular weight excluding hydrogens is 306 g/mol. The van der Waals surface area contributed by atoms with Gasteiger partial charge < -0.3 is 15.2 Å². The monoisotopic (exact) mass is 329 g/mol. The maximum atomic E-state index is 9.49. The van der Waals surface area contributed by atoms with E-state index >= 15 is 0 Å². The second-order valence-electron chi connectivity index (χ2n) is 5.74. The van der Waals surface area contributed by atoms with Gasteiger partial charge in [-0.1, -0.05) is 13.0 Å². The molecular formula is C15H24BrNO2. The molecule has 1 atom stereocenters. The number of rotatable bonds is 6. The van der Waals surface area contributed by atoms with Crippen LogP contribution in [0.2, 0.25) is 0 Å². The zero-order chi connectivity index (χ0) is 14.5. The van der Waals surface area contributed by atoms with Crippen molar-refractivity contribution in [3.8, 4) is 5.75 Å². The molecule has 0 aliphatic rings. The van der Waals surface area contributed by atoms with Gasteiger partial charge in [-0.25, -0.2) is 0 Å². The molecule has 1 rings (SSSR count). The van der Waals surface area contributed by atoms with Gasteiger partial charge in [-0.3, -0.25) is 0 Å². The van der Waals surface area contributed by atoms with E-state index in [1.54, 1.807) is 0 Å². The van der Waals surface area contributed by atoms with Gasteiger partial charge in [0.2, 0.25) is 0 Å². The zero-order valence-electron chi connectivity index (χ0n) is 12.2. The summed E-state index contributed by atoms with van der Waals surface area (Å²) in [5.41, 5.74) is 1.30. The van der Waals surface area contributed by atoms with Gasteiger partial charge in [-0.2, -0.15) is 0 Å². The third-order valence-corrected chi connectivity index (χ3v) is 3.34. The van der Waals surface area contributed by atoms with Gasteiger partial charge in [0.25, 0.3) is 0 Å². The fourth-order valence-electron chi connectivity index (χ4n) is 1.44. The van der Waals surface area contributed by atoms with Crippen LogP contribution in [0, 0.1) is 0 Å². The van der Waals surface area contributed by atoms with Crippen molar-refractivity contribution < 1.29 is 9.84 Å². The second-order valence-corrected chi connectivity index (χ2v) is 6.60. The Balaban J connectivity index is 2.59. The Hall–Kier alpha value is -0.580. The molecule has 0 aliphatic carbocycles. The SMILES string of the molecule is CCC(O)COc1ccc(CNC(C)(C)C)cc1Br. The Labute approximate surface area is 124 Å². The predicted molar refractivity (Wildman–Crippen MR) is 82.5 cm³/mol. The van der Waals surface area contributed by atoms with E-state index in [1.807, 2.05) is 25.1 Å². The van der Waals surface area contributed by atoms with Crippen molar-refractivity contribution in [1.82, 2.24) is 5.32 Å². The number of ether oxygens (including phenoxy) is 1. The minimum absolute atomic E-state index is 0.104. The van der Waals surface area contributed by atoms with Crippen LogP contribution in [0.1, 0.15) is 39.7 Å². The molecule has 1 aromatic rings. The maximum absolute atomic E-state index is 9.49. The average molecular weight is 330 g/mol. The van der Waals surface area contributed by atoms with Gasteiger partial charge in [0, 0.05) is 12.1 Å². The fraction of sp³-hybridized carbons (Fsp3) is 0.600.